The van der Waals surface area contributed by atoms with Crippen LogP contribution in [-0.2, 0) is 6.42 Å². The molecule has 5 aromatic rings. The van der Waals surface area contributed by atoms with Crippen molar-refractivity contribution >= 4 is 33.7 Å². The molecule has 1 aliphatic rings. The molecule has 0 spiro atoms. The van der Waals surface area contributed by atoms with Crippen molar-refractivity contribution in [2.24, 2.45) is 0 Å². The van der Waals surface area contributed by atoms with Crippen LogP contribution in [0.3, 0.4) is 0 Å². The molecule has 0 saturated heterocycles. The van der Waals surface area contributed by atoms with Crippen LogP contribution in [0.2, 0.25) is 0 Å². The number of anilines is 1. The Kier molecular flexibility index (Phi) is 4.32. The summed E-state index contributed by atoms with van der Waals surface area (Å²) in [6, 6.07) is 18.1. The van der Waals surface area contributed by atoms with E-state index in [0.29, 0.717) is 34.8 Å². The molecule has 162 valence electrons. The summed E-state index contributed by atoms with van der Waals surface area (Å²) in [5.41, 5.74) is 0.367. The third-order valence-electron chi connectivity index (χ3n) is 5.37. The van der Waals surface area contributed by atoms with Crippen LogP contribution in [0.4, 0.5) is 6.01 Å². The van der Waals surface area contributed by atoms with E-state index in [1.807, 2.05) is 42.5 Å². The molecule has 0 saturated carbocycles. The molecule has 33 heavy (non-hydrogen) atoms. The fourth-order valence-electron chi connectivity index (χ4n) is 3.80. The van der Waals surface area contributed by atoms with Crippen LogP contribution >= 0.6 is 0 Å². The minimum atomic E-state index is -0.754. The van der Waals surface area contributed by atoms with Gasteiger partial charge < -0.3 is 18.3 Å². The minimum absolute atomic E-state index is 0.117. The zero-order chi connectivity index (χ0) is 22.4. The minimum Gasteiger partial charge on any atom is -0.454 e. The van der Waals surface area contributed by atoms with Crippen LogP contribution < -0.4 is 20.4 Å². The first kappa shape index (κ1) is 19.1. The van der Waals surface area contributed by atoms with Gasteiger partial charge in [-0.15, -0.1) is 5.10 Å². The Morgan fingerprint density at radius 3 is 2.73 bits per heavy atom. The smallest absolute Gasteiger partial charge is 0.349 e. The summed E-state index contributed by atoms with van der Waals surface area (Å²) >= 11 is 0. The quantitative estimate of drug-likeness (QED) is 0.330. The number of benzene rings is 3. The Balaban J connectivity index is 1.25. The number of hydrogen-bond donors (Lipinski definition) is 1. The molecule has 6 rings (SSSR count). The van der Waals surface area contributed by atoms with Crippen molar-refractivity contribution in [2.75, 3.05) is 12.1 Å². The largest absolute Gasteiger partial charge is 0.454 e. The van der Waals surface area contributed by atoms with Gasteiger partial charge in [0.1, 0.15) is 11.1 Å². The molecule has 0 radical (unpaired) electrons. The van der Waals surface area contributed by atoms with Gasteiger partial charge in [0, 0.05) is 5.39 Å². The first-order chi connectivity index (χ1) is 16.1. The lowest BCUT2D eigenvalue weighted by Crippen LogP contribution is -2.20. The summed E-state index contributed by atoms with van der Waals surface area (Å²) in [7, 11) is 0. The van der Waals surface area contributed by atoms with Crippen LogP contribution in [-0.4, -0.2) is 22.9 Å². The Bertz CT molecular complexity index is 1600. The van der Waals surface area contributed by atoms with Crippen LogP contribution in [0.15, 0.2) is 74.3 Å². The molecule has 0 bridgehead atoms. The number of nitrogens with zero attached hydrogens (tertiary/aromatic N) is 2. The third-order valence-corrected chi connectivity index (χ3v) is 5.37. The number of carbonyl (C=O) groups excluding carboxylic acids is 1. The molecule has 3 aromatic carbocycles. The molecule has 0 fully saturated rings. The third kappa shape index (κ3) is 3.45. The molecular weight excluding hydrogens is 426 g/mol. The normalized spacial score (nSPS) is 12.4. The van der Waals surface area contributed by atoms with Crippen molar-refractivity contribution < 1.29 is 23.1 Å². The van der Waals surface area contributed by atoms with E-state index in [4.69, 9.17) is 18.3 Å². The molecule has 3 heterocycles. The first-order valence-corrected chi connectivity index (χ1v) is 10.1. The van der Waals surface area contributed by atoms with Crippen LogP contribution in [0.5, 0.6) is 11.5 Å². The van der Waals surface area contributed by atoms with Gasteiger partial charge in [0.05, 0.1) is 6.42 Å². The number of hydrogen-bond acceptors (Lipinski definition) is 8. The highest BCUT2D eigenvalue weighted by Crippen LogP contribution is 2.33. The second-order valence-electron chi connectivity index (χ2n) is 7.47. The van der Waals surface area contributed by atoms with Gasteiger partial charge in [-0.3, -0.25) is 10.1 Å². The maximum absolute atomic E-state index is 12.8. The molecule has 2 aromatic heterocycles. The molecule has 9 nitrogen and oxygen atoms in total. The number of aromatic nitrogens is 2. The highest BCUT2D eigenvalue weighted by atomic mass is 16.7. The predicted molar refractivity (Wildman–Crippen MR) is 118 cm³/mol. The van der Waals surface area contributed by atoms with Crippen molar-refractivity contribution in [1.82, 2.24) is 10.2 Å². The van der Waals surface area contributed by atoms with Crippen LogP contribution in [0.1, 0.15) is 21.8 Å². The topological polar surface area (TPSA) is 117 Å². The molecule has 0 unspecified atom stereocenters. The molecule has 9 heteroatoms. The summed E-state index contributed by atoms with van der Waals surface area (Å²) < 4.78 is 21.6. The van der Waals surface area contributed by atoms with Gasteiger partial charge in [0.25, 0.3) is 5.91 Å². The van der Waals surface area contributed by atoms with Crippen molar-refractivity contribution in [3.05, 3.63) is 88.1 Å². The highest BCUT2D eigenvalue weighted by molar-refractivity contribution is 6.09. The standard InChI is InChI=1S/C24H15N3O6/c28-22(17-11-16-15-4-2-1-3-14(15)6-8-18(16)32-23(17)29)25-24-27-26-21(33-24)10-13-5-7-19-20(9-13)31-12-30-19/h1-9,11H,10,12H2,(H,25,27,28). The lowest BCUT2D eigenvalue weighted by molar-refractivity contribution is 0.102. The van der Waals surface area contributed by atoms with E-state index in [2.05, 4.69) is 15.5 Å². The Morgan fingerprint density at radius 2 is 1.79 bits per heavy atom. The number of fused-ring (bicyclic) bond motifs is 4. The maximum Gasteiger partial charge on any atom is 0.349 e. The van der Waals surface area contributed by atoms with Gasteiger partial charge >= 0.3 is 11.6 Å². The Hall–Kier alpha value is -4.66. The predicted octanol–water partition coefficient (Wildman–Crippen LogP) is 3.90. The van der Waals surface area contributed by atoms with Gasteiger partial charge in [0.15, 0.2) is 11.5 Å². The highest BCUT2D eigenvalue weighted by Gasteiger charge is 2.19. The van der Waals surface area contributed by atoms with Crippen molar-refractivity contribution in [3.8, 4) is 11.5 Å². The average molecular weight is 441 g/mol. The lowest BCUT2D eigenvalue weighted by Gasteiger charge is -2.05. The number of ether oxygens (including phenoxy) is 2. The van der Waals surface area contributed by atoms with E-state index in [-0.39, 0.29) is 18.4 Å². The fraction of sp³-hybridized carbons (Fsp3) is 0.0833. The van der Waals surface area contributed by atoms with E-state index in [0.717, 1.165) is 16.3 Å². The van der Waals surface area contributed by atoms with Gasteiger partial charge in [-0.05, 0) is 40.6 Å². The van der Waals surface area contributed by atoms with Gasteiger partial charge in [-0.25, -0.2) is 4.79 Å². The van der Waals surface area contributed by atoms with Gasteiger partial charge in [-0.1, -0.05) is 41.5 Å². The van der Waals surface area contributed by atoms with Crippen molar-refractivity contribution in [3.63, 3.8) is 0 Å². The van der Waals surface area contributed by atoms with E-state index >= 15 is 0 Å². The number of rotatable bonds is 4. The number of carbonyl (C=O) groups is 1. The molecular formula is C24H15N3O6. The maximum atomic E-state index is 12.8. The Labute approximate surface area is 185 Å². The van der Waals surface area contributed by atoms with Crippen molar-refractivity contribution in [2.45, 2.75) is 6.42 Å². The summed E-state index contributed by atoms with van der Waals surface area (Å²) in [6.45, 7) is 0.189. The summed E-state index contributed by atoms with van der Waals surface area (Å²) in [4.78, 5) is 25.2. The van der Waals surface area contributed by atoms with E-state index in [9.17, 15) is 9.59 Å². The molecule has 0 atom stereocenters. The van der Waals surface area contributed by atoms with Gasteiger partial charge in [-0.2, -0.15) is 0 Å². The summed E-state index contributed by atoms with van der Waals surface area (Å²) in [6.07, 6.45) is 0.337. The fourth-order valence-corrected chi connectivity index (χ4v) is 3.80. The van der Waals surface area contributed by atoms with E-state index in [1.165, 1.54) is 6.07 Å². The molecule has 0 aliphatic carbocycles. The second-order valence-corrected chi connectivity index (χ2v) is 7.47. The monoisotopic (exact) mass is 441 g/mol. The zero-order valence-corrected chi connectivity index (χ0v) is 17.0. The van der Waals surface area contributed by atoms with E-state index in [1.54, 1.807) is 12.1 Å². The summed E-state index contributed by atoms with van der Waals surface area (Å²) in [5, 5.41) is 12.8. The number of amides is 1. The second kappa shape index (κ2) is 7.49. The molecule has 1 amide bonds. The van der Waals surface area contributed by atoms with E-state index < -0.39 is 11.5 Å². The van der Waals surface area contributed by atoms with Crippen LogP contribution in [0, 0.1) is 0 Å². The first-order valence-electron chi connectivity index (χ1n) is 10.1. The van der Waals surface area contributed by atoms with Crippen LogP contribution in [0.25, 0.3) is 21.7 Å². The average Bonchev–Trinajstić information content (AvgIpc) is 3.47. The molecule has 1 N–H and O–H groups in total. The molecule has 1 aliphatic heterocycles. The lowest BCUT2D eigenvalue weighted by atomic mass is 10.0. The van der Waals surface area contributed by atoms with Crippen molar-refractivity contribution in [1.29, 1.82) is 0 Å². The summed E-state index contributed by atoms with van der Waals surface area (Å²) in [5.74, 6) is 0.924. The number of nitrogens with one attached hydrogen (secondary N) is 1. The SMILES string of the molecule is O=C(Nc1nnc(Cc2ccc3c(c2)OCO3)o1)c1cc2c(ccc3ccccc32)oc1=O. The van der Waals surface area contributed by atoms with Gasteiger partial charge in [0.2, 0.25) is 12.7 Å². The zero-order valence-electron chi connectivity index (χ0n) is 17.0. The Morgan fingerprint density at radius 1 is 0.909 bits per heavy atom.